The van der Waals surface area contributed by atoms with Crippen molar-refractivity contribution < 1.29 is 14.6 Å². The lowest BCUT2D eigenvalue weighted by atomic mass is 10.3. The molecule has 0 bridgehead atoms. The summed E-state index contributed by atoms with van der Waals surface area (Å²) >= 11 is 11.5. The Bertz CT molecular complexity index is 368. The van der Waals surface area contributed by atoms with Crippen molar-refractivity contribution in [2.24, 2.45) is 0 Å². The number of rotatable bonds is 3. The molecule has 0 amide bonds. The third kappa shape index (κ3) is 2.49. The lowest BCUT2D eigenvalue weighted by molar-refractivity contribution is -0.139. The van der Waals surface area contributed by atoms with Crippen LogP contribution in [0.15, 0.2) is 6.20 Å². The van der Waals surface area contributed by atoms with Crippen LogP contribution in [0.2, 0.25) is 10.0 Å². The quantitative estimate of drug-likeness (QED) is 0.873. The average molecular weight is 236 g/mol. The maximum Gasteiger partial charge on any atom is 0.341 e. The molecule has 4 nitrogen and oxygen atoms in total. The predicted molar refractivity (Wildman–Crippen MR) is 52.1 cm³/mol. The van der Waals surface area contributed by atoms with Gasteiger partial charge < -0.3 is 9.84 Å². The highest BCUT2D eigenvalue weighted by molar-refractivity contribution is 6.36. The molecule has 0 fully saturated rings. The normalized spacial score (nSPS) is 9.93. The number of ether oxygens (including phenoxy) is 1. The molecule has 14 heavy (non-hydrogen) atoms. The Balaban J connectivity index is 2.88. The molecular weight excluding hydrogens is 229 g/mol. The van der Waals surface area contributed by atoms with Gasteiger partial charge in [-0.25, -0.2) is 9.78 Å². The van der Waals surface area contributed by atoms with Crippen molar-refractivity contribution in [3.05, 3.63) is 21.8 Å². The van der Waals surface area contributed by atoms with Gasteiger partial charge in [-0.05, 0) is 12.5 Å². The van der Waals surface area contributed by atoms with Gasteiger partial charge in [0.2, 0.25) is 5.88 Å². The smallest absolute Gasteiger partial charge is 0.341 e. The Morgan fingerprint density at radius 3 is 2.86 bits per heavy atom. The fourth-order valence-electron chi connectivity index (χ4n) is 0.765. The van der Waals surface area contributed by atoms with Crippen LogP contribution in [0.25, 0.3) is 0 Å². The first-order chi connectivity index (χ1) is 6.52. The second-order valence-corrected chi connectivity index (χ2v) is 3.32. The van der Waals surface area contributed by atoms with Crippen molar-refractivity contribution in [2.75, 3.05) is 6.61 Å². The van der Waals surface area contributed by atoms with Crippen LogP contribution in [0.3, 0.4) is 0 Å². The first-order valence-electron chi connectivity index (χ1n) is 3.67. The lowest BCUT2D eigenvalue weighted by Crippen LogP contribution is -2.10. The maximum atomic E-state index is 10.2. The van der Waals surface area contributed by atoms with E-state index in [0.717, 1.165) is 0 Å². The summed E-state index contributed by atoms with van der Waals surface area (Å²) in [6, 6.07) is 0. The van der Waals surface area contributed by atoms with E-state index >= 15 is 0 Å². The minimum absolute atomic E-state index is 0.0796. The molecule has 0 spiro atoms. The molecule has 1 aromatic rings. The highest BCUT2D eigenvalue weighted by atomic mass is 35.5. The number of halogens is 2. The number of carbonyl (C=O) groups is 1. The molecule has 1 aromatic heterocycles. The summed E-state index contributed by atoms with van der Waals surface area (Å²) in [6.45, 7) is 1.22. The number of hydrogen-bond donors (Lipinski definition) is 1. The molecule has 0 aliphatic heterocycles. The molecule has 1 N–H and O–H groups in total. The van der Waals surface area contributed by atoms with Gasteiger partial charge >= 0.3 is 5.97 Å². The monoisotopic (exact) mass is 235 g/mol. The van der Waals surface area contributed by atoms with Crippen LogP contribution in [0.1, 0.15) is 5.56 Å². The Hall–Kier alpha value is -1.00. The minimum atomic E-state index is -1.09. The SMILES string of the molecule is Cc1c(Cl)cnc(OCC(=O)O)c1Cl. The van der Waals surface area contributed by atoms with Gasteiger partial charge in [0.25, 0.3) is 0 Å². The van der Waals surface area contributed by atoms with Gasteiger partial charge in [0.1, 0.15) is 5.02 Å². The fraction of sp³-hybridized carbons (Fsp3) is 0.250. The summed E-state index contributed by atoms with van der Waals surface area (Å²) in [4.78, 5) is 14.0. The summed E-state index contributed by atoms with van der Waals surface area (Å²) in [6.07, 6.45) is 1.36. The lowest BCUT2D eigenvalue weighted by Gasteiger charge is -2.06. The van der Waals surface area contributed by atoms with Crippen LogP contribution in [0.5, 0.6) is 5.88 Å². The van der Waals surface area contributed by atoms with Crippen molar-refractivity contribution in [1.82, 2.24) is 4.98 Å². The average Bonchev–Trinajstić information content (AvgIpc) is 2.13. The molecule has 0 aliphatic carbocycles. The van der Waals surface area contributed by atoms with Gasteiger partial charge in [-0.2, -0.15) is 0 Å². The molecule has 0 radical (unpaired) electrons. The van der Waals surface area contributed by atoms with Gasteiger partial charge in [-0.3, -0.25) is 0 Å². The first kappa shape index (κ1) is 11.1. The van der Waals surface area contributed by atoms with Gasteiger partial charge in [0.15, 0.2) is 6.61 Å². The van der Waals surface area contributed by atoms with E-state index in [2.05, 4.69) is 4.98 Å². The van der Waals surface area contributed by atoms with Gasteiger partial charge in [-0.15, -0.1) is 0 Å². The van der Waals surface area contributed by atoms with Crippen molar-refractivity contribution in [3.8, 4) is 5.88 Å². The van der Waals surface area contributed by atoms with Crippen LogP contribution >= 0.6 is 23.2 Å². The Kier molecular flexibility index (Phi) is 3.55. The van der Waals surface area contributed by atoms with E-state index in [1.807, 2.05) is 0 Å². The van der Waals surface area contributed by atoms with Crippen LogP contribution in [-0.4, -0.2) is 22.7 Å². The third-order valence-electron chi connectivity index (χ3n) is 1.50. The molecule has 1 heterocycles. The van der Waals surface area contributed by atoms with E-state index in [1.54, 1.807) is 6.92 Å². The summed E-state index contributed by atoms with van der Waals surface area (Å²) < 4.78 is 4.83. The first-order valence-corrected chi connectivity index (χ1v) is 4.43. The van der Waals surface area contributed by atoms with E-state index in [1.165, 1.54) is 6.20 Å². The number of pyridine rings is 1. The van der Waals surface area contributed by atoms with E-state index in [-0.39, 0.29) is 10.9 Å². The second kappa shape index (κ2) is 4.48. The predicted octanol–water partition coefficient (Wildman–Crippen LogP) is 2.16. The Labute approximate surface area is 90.4 Å². The second-order valence-electron chi connectivity index (χ2n) is 2.53. The molecule has 0 aromatic carbocycles. The summed E-state index contributed by atoms with van der Waals surface area (Å²) in [5, 5.41) is 9.02. The fourth-order valence-corrected chi connectivity index (χ4v) is 1.16. The van der Waals surface area contributed by atoms with Crippen LogP contribution in [0.4, 0.5) is 0 Å². The van der Waals surface area contributed by atoms with E-state index < -0.39 is 12.6 Å². The highest BCUT2D eigenvalue weighted by Gasteiger charge is 2.10. The molecule has 0 aliphatic rings. The summed E-state index contributed by atoms with van der Waals surface area (Å²) in [5.41, 5.74) is 0.615. The van der Waals surface area contributed by atoms with Gasteiger partial charge in [0.05, 0.1) is 5.02 Å². The largest absolute Gasteiger partial charge is 0.479 e. The summed E-state index contributed by atoms with van der Waals surface area (Å²) in [5.74, 6) is -1.01. The van der Waals surface area contributed by atoms with Crippen LogP contribution in [-0.2, 0) is 4.79 Å². The minimum Gasteiger partial charge on any atom is -0.479 e. The third-order valence-corrected chi connectivity index (χ3v) is 2.33. The number of carboxylic acids is 1. The number of hydrogen-bond acceptors (Lipinski definition) is 3. The molecule has 0 saturated heterocycles. The molecular formula is C8H7Cl2NO3. The molecule has 6 heteroatoms. The molecule has 0 unspecified atom stereocenters. The molecule has 0 atom stereocenters. The van der Waals surface area contributed by atoms with E-state index in [9.17, 15) is 4.79 Å². The van der Waals surface area contributed by atoms with E-state index in [4.69, 9.17) is 33.0 Å². The van der Waals surface area contributed by atoms with E-state index in [0.29, 0.717) is 10.6 Å². The van der Waals surface area contributed by atoms with Gasteiger partial charge in [0, 0.05) is 6.20 Å². The van der Waals surface area contributed by atoms with Crippen LogP contribution in [0, 0.1) is 6.92 Å². The zero-order chi connectivity index (χ0) is 10.7. The number of aromatic nitrogens is 1. The number of carboxylic acid groups (broad SMARTS) is 1. The molecule has 0 saturated carbocycles. The van der Waals surface area contributed by atoms with Crippen LogP contribution < -0.4 is 4.74 Å². The highest BCUT2D eigenvalue weighted by Crippen LogP contribution is 2.29. The molecule has 1 rings (SSSR count). The number of nitrogens with zero attached hydrogens (tertiary/aromatic N) is 1. The topological polar surface area (TPSA) is 59.4 Å². The molecule has 76 valence electrons. The van der Waals surface area contributed by atoms with Crippen molar-refractivity contribution in [3.63, 3.8) is 0 Å². The number of aliphatic carboxylic acids is 1. The zero-order valence-electron chi connectivity index (χ0n) is 7.25. The Morgan fingerprint density at radius 1 is 1.64 bits per heavy atom. The zero-order valence-corrected chi connectivity index (χ0v) is 8.76. The van der Waals surface area contributed by atoms with Crippen molar-refractivity contribution >= 4 is 29.2 Å². The standard InChI is InChI=1S/C8H7Cl2NO3/c1-4-5(9)2-11-8(7(4)10)14-3-6(12)13/h2H,3H2,1H3,(H,12,13). The van der Waals surface area contributed by atoms with Gasteiger partial charge in [-0.1, -0.05) is 23.2 Å². The van der Waals surface area contributed by atoms with Crippen molar-refractivity contribution in [2.45, 2.75) is 6.92 Å². The Morgan fingerprint density at radius 2 is 2.29 bits per heavy atom. The summed E-state index contributed by atoms with van der Waals surface area (Å²) in [7, 11) is 0. The van der Waals surface area contributed by atoms with Crippen molar-refractivity contribution in [1.29, 1.82) is 0 Å². The maximum absolute atomic E-state index is 10.2.